The topological polar surface area (TPSA) is 82.8 Å². The lowest BCUT2D eigenvalue weighted by atomic mass is 9.88. The fraction of sp³-hybridized carbons (Fsp3) is 0.409. The van der Waals surface area contributed by atoms with Crippen molar-refractivity contribution in [1.29, 1.82) is 0 Å². The van der Waals surface area contributed by atoms with E-state index < -0.39 is 5.54 Å². The summed E-state index contributed by atoms with van der Waals surface area (Å²) in [6.45, 7) is 6.67. The highest BCUT2D eigenvalue weighted by Gasteiger charge is 2.29. The molecule has 2 aromatic carbocycles. The molecule has 1 atom stereocenters. The number of hydrogen-bond donors (Lipinski definition) is 2. The molecular weight excluding hydrogens is 392 g/mol. The maximum Gasteiger partial charge on any atom is 0.252 e. The Bertz CT molecular complexity index is 774. The number of halogens is 1. The van der Waals surface area contributed by atoms with Gasteiger partial charge in [-0.3, -0.25) is 4.79 Å². The number of rotatable bonds is 9. The van der Waals surface area contributed by atoms with Gasteiger partial charge in [0, 0.05) is 12.1 Å². The van der Waals surface area contributed by atoms with Gasteiger partial charge in [-0.15, -0.1) is 12.4 Å². The quantitative estimate of drug-likeness (QED) is 0.642. The van der Waals surface area contributed by atoms with Gasteiger partial charge in [-0.2, -0.15) is 0 Å². The molecule has 0 aliphatic rings. The minimum Gasteiger partial charge on any atom is -0.493 e. The molecule has 0 radical (unpaired) electrons. The van der Waals surface area contributed by atoms with Gasteiger partial charge in [0.2, 0.25) is 5.75 Å². The third-order valence-corrected chi connectivity index (χ3v) is 5.05. The monoisotopic (exact) mass is 422 g/mol. The van der Waals surface area contributed by atoms with Crippen LogP contribution in [-0.4, -0.2) is 32.2 Å². The first-order chi connectivity index (χ1) is 13.3. The SMILES string of the molecule is COc1cc(C(=O)NC(C)(CN)C(C)C)cc(OC)c1OCc1ccccc1.Cl. The number of benzene rings is 2. The predicted molar refractivity (Wildman–Crippen MR) is 117 cm³/mol. The first-order valence-corrected chi connectivity index (χ1v) is 9.30. The van der Waals surface area contributed by atoms with Crippen LogP contribution in [0.4, 0.5) is 0 Å². The van der Waals surface area contributed by atoms with E-state index in [-0.39, 0.29) is 24.2 Å². The molecule has 2 rings (SSSR count). The molecule has 0 saturated heterocycles. The molecule has 0 bridgehead atoms. The molecule has 0 saturated carbocycles. The Hall–Kier alpha value is -2.44. The van der Waals surface area contributed by atoms with Gasteiger partial charge in [-0.05, 0) is 30.5 Å². The molecule has 29 heavy (non-hydrogen) atoms. The summed E-state index contributed by atoms with van der Waals surface area (Å²) in [4.78, 5) is 12.8. The molecular formula is C22H31ClN2O4. The lowest BCUT2D eigenvalue weighted by Crippen LogP contribution is -2.55. The average Bonchev–Trinajstić information content (AvgIpc) is 2.71. The molecule has 160 valence electrons. The average molecular weight is 423 g/mol. The van der Waals surface area contributed by atoms with Gasteiger partial charge in [0.1, 0.15) is 6.61 Å². The van der Waals surface area contributed by atoms with Crippen molar-refractivity contribution in [3.8, 4) is 17.2 Å². The second-order valence-corrected chi connectivity index (χ2v) is 7.21. The Labute approximate surface area is 179 Å². The van der Waals surface area contributed by atoms with Crippen molar-refractivity contribution in [2.75, 3.05) is 20.8 Å². The summed E-state index contributed by atoms with van der Waals surface area (Å²) in [5.74, 6) is 1.25. The Morgan fingerprint density at radius 2 is 1.66 bits per heavy atom. The van der Waals surface area contributed by atoms with E-state index in [1.54, 1.807) is 12.1 Å². The molecule has 0 spiro atoms. The predicted octanol–water partition coefficient (Wildman–Crippen LogP) is 3.81. The first kappa shape index (κ1) is 24.6. The highest BCUT2D eigenvalue weighted by molar-refractivity contribution is 5.96. The molecule has 0 heterocycles. The van der Waals surface area contributed by atoms with E-state index in [1.165, 1.54) is 14.2 Å². The highest BCUT2D eigenvalue weighted by Crippen LogP contribution is 2.39. The molecule has 0 aliphatic carbocycles. The summed E-state index contributed by atoms with van der Waals surface area (Å²) in [5.41, 5.74) is 6.80. The van der Waals surface area contributed by atoms with Crippen LogP contribution < -0.4 is 25.3 Å². The molecule has 0 aliphatic heterocycles. The molecule has 2 aromatic rings. The van der Waals surface area contributed by atoms with E-state index in [0.717, 1.165) is 5.56 Å². The van der Waals surface area contributed by atoms with E-state index in [1.807, 2.05) is 51.1 Å². The molecule has 6 nitrogen and oxygen atoms in total. The first-order valence-electron chi connectivity index (χ1n) is 9.30. The molecule has 1 unspecified atom stereocenters. The van der Waals surface area contributed by atoms with Crippen LogP contribution in [0.2, 0.25) is 0 Å². The molecule has 0 aromatic heterocycles. The molecule has 1 amide bonds. The van der Waals surface area contributed by atoms with Gasteiger partial charge >= 0.3 is 0 Å². The minimum atomic E-state index is -0.514. The molecule has 0 fully saturated rings. The lowest BCUT2D eigenvalue weighted by molar-refractivity contribution is 0.0882. The van der Waals surface area contributed by atoms with Gasteiger partial charge in [-0.1, -0.05) is 44.2 Å². The normalized spacial score (nSPS) is 12.5. The van der Waals surface area contributed by atoms with Gasteiger partial charge < -0.3 is 25.3 Å². The van der Waals surface area contributed by atoms with Crippen LogP contribution in [0.15, 0.2) is 42.5 Å². The van der Waals surface area contributed by atoms with Crippen LogP contribution in [0.1, 0.15) is 36.7 Å². The van der Waals surface area contributed by atoms with E-state index in [9.17, 15) is 4.79 Å². The summed E-state index contributed by atoms with van der Waals surface area (Å²) >= 11 is 0. The summed E-state index contributed by atoms with van der Waals surface area (Å²) in [7, 11) is 3.06. The smallest absolute Gasteiger partial charge is 0.252 e. The number of amides is 1. The second-order valence-electron chi connectivity index (χ2n) is 7.21. The fourth-order valence-electron chi connectivity index (χ4n) is 2.65. The van der Waals surface area contributed by atoms with Gasteiger partial charge in [0.25, 0.3) is 5.91 Å². The van der Waals surface area contributed by atoms with Crippen molar-refractivity contribution in [1.82, 2.24) is 5.32 Å². The summed E-state index contributed by atoms with van der Waals surface area (Å²) in [6, 6.07) is 13.1. The van der Waals surface area contributed by atoms with E-state index in [0.29, 0.717) is 36.0 Å². The van der Waals surface area contributed by atoms with Crippen LogP contribution in [0.25, 0.3) is 0 Å². The van der Waals surface area contributed by atoms with Gasteiger partial charge in [0.15, 0.2) is 11.5 Å². The molecule has 7 heteroatoms. The Morgan fingerprint density at radius 1 is 1.10 bits per heavy atom. The van der Waals surface area contributed by atoms with Crippen LogP contribution in [0.3, 0.4) is 0 Å². The highest BCUT2D eigenvalue weighted by atomic mass is 35.5. The minimum absolute atomic E-state index is 0. The van der Waals surface area contributed by atoms with Crippen molar-refractivity contribution in [2.24, 2.45) is 11.7 Å². The lowest BCUT2D eigenvalue weighted by Gasteiger charge is -2.33. The maximum absolute atomic E-state index is 12.8. The number of carbonyl (C=O) groups excluding carboxylic acids is 1. The third-order valence-electron chi connectivity index (χ3n) is 5.05. The summed E-state index contributed by atoms with van der Waals surface area (Å²) < 4.78 is 16.9. The number of carbonyl (C=O) groups is 1. The van der Waals surface area contributed by atoms with E-state index >= 15 is 0 Å². The number of nitrogens with two attached hydrogens (primary N) is 1. The number of methoxy groups -OCH3 is 2. The van der Waals surface area contributed by atoms with Crippen LogP contribution >= 0.6 is 12.4 Å². The van der Waals surface area contributed by atoms with Crippen LogP contribution in [0.5, 0.6) is 17.2 Å². The van der Waals surface area contributed by atoms with Gasteiger partial charge in [0.05, 0.1) is 19.8 Å². The zero-order valence-electron chi connectivity index (χ0n) is 17.7. The third kappa shape index (κ3) is 6.02. The van der Waals surface area contributed by atoms with Crippen molar-refractivity contribution in [2.45, 2.75) is 32.9 Å². The summed E-state index contributed by atoms with van der Waals surface area (Å²) in [6.07, 6.45) is 0. The van der Waals surface area contributed by atoms with E-state index in [4.69, 9.17) is 19.9 Å². The van der Waals surface area contributed by atoms with E-state index in [2.05, 4.69) is 5.32 Å². The second kappa shape index (κ2) is 10.9. The molecule has 3 N–H and O–H groups in total. The largest absolute Gasteiger partial charge is 0.493 e. The number of nitrogens with one attached hydrogen (secondary N) is 1. The Morgan fingerprint density at radius 3 is 2.10 bits per heavy atom. The van der Waals surface area contributed by atoms with Crippen LogP contribution in [-0.2, 0) is 6.61 Å². The van der Waals surface area contributed by atoms with Crippen molar-refractivity contribution in [3.05, 3.63) is 53.6 Å². The van der Waals surface area contributed by atoms with Crippen molar-refractivity contribution >= 4 is 18.3 Å². The van der Waals surface area contributed by atoms with Crippen molar-refractivity contribution in [3.63, 3.8) is 0 Å². The zero-order valence-corrected chi connectivity index (χ0v) is 18.5. The summed E-state index contributed by atoms with van der Waals surface area (Å²) in [5, 5.41) is 3.02. The fourth-order valence-corrected chi connectivity index (χ4v) is 2.65. The zero-order chi connectivity index (χ0) is 20.7. The van der Waals surface area contributed by atoms with Gasteiger partial charge in [-0.25, -0.2) is 0 Å². The number of hydrogen-bond acceptors (Lipinski definition) is 5. The maximum atomic E-state index is 12.8. The standard InChI is InChI=1S/C22H30N2O4.ClH/c1-15(2)22(3,14-23)24-21(25)17-11-18(26-4)20(19(12-17)27-5)28-13-16-9-7-6-8-10-16;/h6-12,15H,13-14,23H2,1-5H3,(H,24,25);1H. The Kier molecular flexibility index (Phi) is 9.27. The number of ether oxygens (including phenoxy) is 3. The van der Waals surface area contributed by atoms with Crippen molar-refractivity contribution < 1.29 is 19.0 Å². The van der Waals surface area contributed by atoms with Crippen LogP contribution in [0, 0.1) is 5.92 Å². The Balaban J connectivity index is 0.00000420.